The normalized spacial score (nSPS) is 10.9. The molecule has 0 aliphatic carbocycles. The van der Waals surface area contributed by atoms with Crippen molar-refractivity contribution in [1.29, 1.82) is 0 Å². The Morgan fingerprint density at radius 3 is 2.94 bits per heavy atom. The third-order valence-electron chi connectivity index (χ3n) is 2.74. The summed E-state index contributed by atoms with van der Waals surface area (Å²) in [4.78, 5) is 13.7. The maximum absolute atomic E-state index is 13.8. The first-order valence-electron chi connectivity index (χ1n) is 5.21. The van der Waals surface area contributed by atoms with E-state index in [-0.39, 0.29) is 11.5 Å². The average molecular weight is 245 g/mol. The molecule has 0 bridgehead atoms. The standard InChI is InChI=1S/C12H8FN3O2/c13-7-2-1-3-8-11(7)6(5-14-8)9-4-10(12(17)18)16-15-9/h1-5,14H,(H,15,16)(H,17,18). The number of benzene rings is 1. The van der Waals surface area contributed by atoms with Crippen LogP contribution in [-0.4, -0.2) is 26.3 Å². The number of nitrogens with zero attached hydrogens (tertiary/aromatic N) is 1. The average Bonchev–Trinajstić information content (AvgIpc) is 2.94. The van der Waals surface area contributed by atoms with Crippen LogP contribution in [0.3, 0.4) is 0 Å². The highest BCUT2D eigenvalue weighted by molar-refractivity contribution is 5.96. The third-order valence-corrected chi connectivity index (χ3v) is 2.74. The smallest absolute Gasteiger partial charge is 0.353 e. The van der Waals surface area contributed by atoms with Gasteiger partial charge in [0.1, 0.15) is 11.5 Å². The van der Waals surface area contributed by atoms with Crippen LogP contribution < -0.4 is 0 Å². The van der Waals surface area contributed by atoms with Gasteiger partial charge in [-0.05, 0) is 18.2 Å². The molecule has 3 rings (SSSR count). The van der Waals surface area contributed by atoms with Crippen LogP contribution in [0.5, 0.6) is 0 Å². The van der Waals surface area contributed by atoms with E-state index in [9.17, 15) is 9.18 Å². The molecule has 0 aliphatic heterocycles. The van der Waals surface area contributed by atoms with E-state index in [0.717, 1.165) is 0 Å². The number of fused-ring (bicyclic) bond motifs is 1. The second kappa shape index (κ2) is 3.69. The van der Waals surface area contributed by atoms with Crippen molar-refractivity contribution in [3.8, 4) is 11.3 Å². The Hall–Kier alpha value is -2.63. The number of aromatic carboxylic acids is 1. The van der Waals surface area contributed by atoms with Gasteiger partial charge in [0.05, 0.1) is 5.69 Å². The SMILES string of the molecule is O=C(O)c1cc(-c2c[nH]c3cccc(F)c23)n[nH]1. The lowest BCUT2D eigenvalue weighted by Gasteiger charge is -1.95. The molecule has 0 amide bonds. The van der Waals surface area contributed by atoms with Crippen LogP contribution in [0.2, 0.25) is 0 Å². The molecule has 3 N–H and O–H groups in total. The lowest BCUT2D eigenvalue weighted by atomic mass is 10.1. The molecule has 6 heteroatoms. The van der Waals surface area contributed by atoms with E-state index >= 15 is 0 Å². The summed E-state index contributed by atoms with van der Waals surface area (Å²) in [6.45, 7) is 0. The van der Waals surface area contributed by atoms with Gasteiger partial charge in [-0.1, -0.05) is 6.07 Å². The van der Waals surface area contributed by atoms with Crippen LogP contribution in [-0.2, 0) is 0 Å². The summed E-state index contributed by atoms with van der Waals surface area (Å²) in [5.74, 6) is -1.47. The number of nitrogens with one attached hydrogen (secondary N) is 2. The number of rotatable bonds is 2. The van der Waals surface area contributed by atoms with Crippen LogP contribution in [0.15, 0.2) is 30.5 Å². The minimum atomic E-state index is -1.10. The number of carbonyl (C=O) groups is 1. The van der Waals surface area contributed by atoms with E-state index in [1.165, 1.54) is 12.1 Å². The summed E-state index contributed by atoms with van der Waals surface area (Å²) in [6, 6.07) is 6.07. The molecule has 0 fully saturated rings. The number of carboxylic acid groups (broad SMARTS) is 1. The topological polar surface area (TPSA) is 81.8 Å². The van der Waals surface area contributed by atoms with E-state index in [1.807, 2.05) is 0 Å². The Morgan fingerprint density at radius 2 is 2.22 bits per heavy atom. The van der Waals surface area contributed by atoms with Crippen molar-refractivity contribution in [2.45, 2.75) is 0 Å². The second-order valence-electron chi connectivity index (χ2n) is 3.84. The Bertz CT molecular complexity index is 745. The van der Waals surface area contributed by atoms with Crippen LogP contribution in [0.1, 0.15) is 10.5 Å². The minimum Gasteiger partial charge on any atom is -0.477 e. The van der Waals surface area contributed by atoms with E-state index in [1.54, 1.807) is 18.3 Å². The lowest BCUT2D eigenvalue weighted by molar-refractivity contribution is 0.0690. The zero-order valence-corrected chi connectivity index (χ0v) is 9.07. The van der Waals surface area contributed by atoms with Gasteiger partial charge in [0.25, 0.3) is 0 Å². The Labute approximate surface area is 100 Å². The minimum absolute atomic E-state index is 0.0318. The van der Waals surface area contributed by atoms with Gasteiger partial charge in [0.2, 0.25) is 0 Å². The second-order valence-corrected chi connectivity index (χ2v) is 3.84. The highest BCUT2D eigenvalue weighted by Gasteiger charge is 2.14. The predicted octanol–water partition coefficient (Wildman–Crippen LogP) is 2.40. The molecule has 0 spiro atoms. The zero-order chi connectivity index (χ0) is 12.7. The van der Waals surface area contributed by atoms with Gasteiger partial charge >= 0.3 is 5.97 Å². The molecule has 0 radical (unpaired) electrons. The van der Waals surface area contributed by atoms with E-state index in [2.05, 4.69) is 15.2 Å². The first kappa shape index (κ1) is 10.5. The maximum Gasteiger partial charge on any atom is 0.353 e. The number of carboxylic acids is 1. The Morgan fingerprint density at radius 1 is 1.39 bits per heavy atom. The molecular weight excluding hydrogens is 237 g/mol. The van der Waals surface area contributed by atoms with Gasteiger partial charge in [-0.15, -0.1) is 0 Å². The number of aromatic amines is 2. The van der Waals surface area contributed by atoms with Gasteiger partial charge in [-0.2, -0.15) is 5.10 Å². The molecule has 0 aliphatic rings. The Kier molecular flexibility index (Phi) is 2.16. The monoisotopic (exact) mass is 245 g/mol. The van der Waals surface area contributed by atoms with E-state index < -0.39 is 5.97 Å². The summed E-state index contributed by atoms with van der Waals surface area (Å²) < 4.78 is 13.8. The van der Waals surface area contributed by atoms with Crippen molar-refractivity contribution in [3.63, 3.8) is 0 Å². The van der Waals surface area contributed by atoms with Gasteiger partial charge in [-0.3, -0.25) is 5.10 Å². The number of halogens is 1. The molecule has 2 aromatic heterocycles. The summed E-state index contributed by atoms with van der Waals surface area (Å²) in [6.07, 6.45) is 1.61. The molecule has 3 aromatic rings. The molecular formula is C12H8FN3O2. The molecule has 90 valence electrons. The van der Waals surface area contributed by atoms with Crippen molar-refractivity contribution in [3.05, 3.63) is 42.0 Å². The van der Waals surface area contributed by atoms with Gasteiger partial charge < -0.3 is 10.1 Å². The van der Waals surface area contributed by atoms with Gasteiger partial charge in [-0.25, -0.2) is 9.18 Å². The van der Waals surface area contributed by atoms with Crippen molar-refractivity contribution in [1.82, 2.24) is 15.2 Å². The van der Waals surface area contributed by atoms with Gasteiger partial charge in [0.15, 0.2) is 0 Å². The van der Waals surface area contributed by atoms with Crippen molar-refractivity contribution in [2.24, 2.45) is 0 Å². The fourth-order valence-electron chi connectivity index (χ4n) is 1.91. The third kappa shape index (κ3) is 1.46. The molecule has 2 heterocycles. The Balaban J connectivity index is 2.22. The molecule has 5 nitrogen and oxygen atoms in total. The van der Waals surface area contributed by atoms with Crippen LogP contribution >= 0.6 is 0 Å². The summed E-state index contributed by atoms with van der Waals surface area (Å²) in [5, 5.41) is 15.5. The quantitative estimate of drug-likeness (QED) is 0.648. The first-order chi connectivity index (χ1) is 8.66. The fourth-order valence-corrected chi connectivity index (χ4v) is 1.91. The van der Waals surface area contributed by atoms with Crippen molar-refractivity contribution >= 4 is 16.9 Å². The molecule has 18 heavy (non-hydrogen) atoms. The number of hydrogen-bond donors (Lipinski definition) is 3. The van der Waals surface area contributed by atoms with Crippen molar-refractivity contribution in [2.75, 3.05) is 0 Å². The summed E-state index contributed by atoms with van der Waals surface area (Å²) in [5.41, 5.74) is 1.54. The number of aromatic nitrogens is 3. The van der Waals surface area contributed by atoms with Crippen LogP contribution in [0.25, 0.3) is 22.2 Å². The number of H-pyrrole nitrogens is 2. The zero-order valence-electron chi connectivity index (χ0n) is 9.07. The van der Waals surface area contributed by atoms with Crippen molar-refractivity contribution < 1.29 is 14.3 Å². The largest absolute Gasteiger partial charge is 0.477 e. The summed E-state index contributed by atoms with van der Waals surface area (Å²) in [7, 11) is 0. The lowest BCUT2D eigenvalue weighted by Crippen LogP contribution is -1.95. The molecule has 0 saturated heterocycles. The highest BCUT2D eigenvalue weighted by Crippen LogP contribution is 2.29. The molecule has 0 atom stereocenters. The molecule has 1 aromatic carbocycles. The summed E-state index contributed by atoms with van der Waals surface area (Å²) >= 11 is 0. The number of hydrogen-bond acceptors (Lipinski definition) is 2. The van der Waals surface area contributed by atoms with Crippen LogP contribution in [0, 0.1) is 5.82 Å². The maximum atomic E-state index is 13.8. The fraction of sp³-hybridized carbons (Fsp3) is 0. The van der Waals surface area contributed by atoms with E-state index in [4.69, 9.17) is 5.11 Å². The molecule has 0 unspecified atom stereocenters. The molecule has 0 saturated carbocycles. The predicted molar refractivity (Wildman–Crippen MR) is 62.8 cm³/mol. The highest BCUT2D eigenvalue weighted by atomic mass is 19.1. The first-order valence-corrected chi connectivity index (χ1v) is 5.21. The van der Waals surface area contributed by atoms with E-state index in [0.29, 0.717) is 22.2 Å². The van der Waals surface area contributed by atoms with Gasteiger partial charge in [0, 0.05) is 22.7 Å². The van der Waals surface area contributed by atoms with Crippen LogP contribution in [0.4, 0.5) is 4.39 Å².